The molecule has 0 amide bonds. The summed E-state index contributed by atoms with van der Waals surface area (Å²) in [6, 6.07) is 0. The standard InChI is InChI=1S/C8H13F3O/c1-3-6-4-7(5-6,12-2)8(9,10)11/h6H,3-5H2,1-2H3. The predicted octanol–water partition coefficient (Wildman–Crippen LogP) is 2.75. The highest BCUT2D eigenvalue weighted by Crippen LogP contribution is 2.51. The fourth-order valence-electron chi connectivity index (χ4n) is 1.68. The molecule has 1 aliphatic rings. The van der Waals surface area contributed by atoms with Crippen LogP contribution in [-0.4, -0.2) is 18.9 Å². The number of rotatable bonds is 2. The molecule has 1 fully saturated rings. The molecule has 0 unspecified atom stereocenters. The highest BCUT2D eigenvalue weighted by atomic mass is 19.4. The molecule has 0 aromatic heterocycles. The number of methoxy groups -OCH3 is 1. The lowest BCUT2D eigenvalue weighted by atomic mass is 9.69. The largest absolute Gasteiger partial charge is 0.417 e. The Morgan fingerprint density at radius 3 is 2.17 bits per heavy atom. The van der Waals surface area contributed by atoms with Crippen LogP contribution in [0, 0.1) is 5.92 Å². The van der Waals surface area contributed by atoms with Gasteiger partial charge in [0.05, 0.1) is 0 Å². The van der Waals surface area contributed by atoms with Crippen molar-refractivity contribution in [2.45, 2.75) is 38.0 Å². The highest BCUT2D eigenvalue weighted by molar-refractivity contribution is 5.00. The third-order valence-electron chi connectivity index (χ3n) is 2.72. The van der Waals surface area contributed by atoms with E-state index in [1.54, 1.807) is 0 Å². The number of hydrogen-bond acceptors (Lipinski definition) is 1. The molecular formula is C8H13F3O. The van der Waals surface area contributed by atoms with E-state index >= 15 is 0 Å². The van der Waals surface area contributed by atoms with Gasteiger partial charge in [-0.15, -0.1) is 0 Å². The number of halogens is 3. The summed E-state index contributed by atoms with van der Waals surface area (Å²) in [5.74, 6) is 0.187. The quantitative estimate of drug-likeness (QED) is 0.638. The van der Waals surface area contributed by atoms with Crippen molar-refractivity contribution < 1.29 is 17.9 Å². The molecule has 1 rings (SSSR count). The summed E-state index contributed by atoms with van der Waals surface area (Å²) in [6.07, 6.45) is -3.14. The van der Waals surface area contributed by atoms with Crippen molar-refractivity contribution in [3.8, 4) is 0 Å². The summed E-state index contributed by atoms with van der Waals surface area (Å²) in [4.78, 5) is 0. The summed E-state index contributed by atoms with van der Waals surface area (Å²) in [5.41, 5.74) is -1.83. The summed E-state index contributed by atoms with van der Waals surface area (Å²) < 4.78 is 41.6. The van der Waals surface area contributed by atoms with Gasteiger partial charge in [0.25, 0.3) is 0 Å². The molecule has 0 N–H and O–H groups in total. The maximum Gasteiger partial charge on any atom is 0.417 e. The van der Waals surface area contributed by atoms with E-state index in [1.807, 2.05) is 6.92 Å². The maximum absolute atomic E-state index is 12.3. The van der Waals surface area contributed by atoms with E-state index in [4.69, 9.17) is 0 Å². The molecule has 0 aromatic carbocycles. The number of alkyl halides is 3. The molecule has 0 heterocycles. The van der Waals surface area contributed by atoms with Gasteiger partial charge in [-0.3, -0.25) is 0 Å². The topological polar surface area (TPSA) is 9.23 Å². The molecule has 4 heteroatoms. The second kappa shape index (κ2) is 2.91. The molecule has 12 heavy (non-hydrogen) atoms. The smallest absolute Gasteiger partial charge is 0.369 e. The van der Waals surface area contributed by atoms with Gasteiger partial charge in [0.2, 0.25) is 0 Å². The van der Waals surface area contributed by atoms with Crippen LogP contribution in [0.1, 0.15) is 26.2 Å². The highest BCUT2D eigenvalue weighted by Gasteiger charge is 2.62. The molecule has 1 nitrogen and oxygen atoms in total. The first-order chi connectivity index (χ1) is 5.45. The zero-order chi connectivity index (χ0) is 9.41. The van der Waals surface area contributed by atoms with Gasteiger partial charge in [-0.25, -0.2) is 0 Å². The van der Waals surface area contributed by atoms with E-state index in [9.17, 15) is 13.2 Å². The summed E-state index contributed by atoms with van der Waals surface area (Å²) >= 11 is 0. The van der Waals surface area contributed by atoms with Gasteiger partial charge in [0.15, 0.2) is 5.60 Å². The third kappa shape index (κ3) is 1.32. The van der Waals surface area contributed by atoms with Crippen molar-refractivity contribution in [2.75, 3.05) is 7.11 Å². The Labute approximate surface area is 69.9 Å². The maximum atomic E-state index is 12.3. The first kappa shape index (κ1) is 9.84. The second-order valence-corrected chi connectivity index (χ2v) is 3.38. The van der Waals surface area contributed by atoms with Gasteiger partial charge in [-0.05, 0) is 18.8 Å². The third-order valence-corrected chi connectivity index (χ3v) is 2.72. The van der Waals surface area contributed by atoms with Crippen LogP contribution >= 0.6 is 0 Å². The second-order valence-electron chi connectivity index (χ2n) is 3.38. The van der Waals surface area contributed by atoms with Gasteiger partial charge in [-0.2, -0.15) is 13.2 Å². The Kier molecular flexibility index (Phi) is 2.38. The fourth-order valence-corrected chi connectivity index (χ4v) is 1.68. The Balaban J connectivity index is 2.59. The van der Waals surface area contributed by atoms with Crippen molar-refractivity contribution in [3.05, 3.63) is 0 Å². The Morgan fingerprint density at radius 1 is 1.42 bits per heavy atom. The Hall–Kier alpha value is -0.250. The average Bonchev–Trinajstić information content (AvgIpc) is 1.84. The van der Waals surface area contributed by atoms with E-state index in [0.717, 1.165) is 13.5 Å². The van der Waals surface area contributed by atoms with Crippen molar-refractivity contribution in [3.63, 3.8) is 0 Å². The minimum absolute atomic E-state index is 0.128. The Morgan fingerprint density at radius 2 is 1.92 bits per heavy atom. The Bertz CT molecular complexity index is 158. The molecule has 1 saturated carbocycles. The van der Waals surface area contributed by atoms with Crippen LogP contribution in [0.3, 0.4) is 0 Å². The molecule has 0 bridgehead atoms. The molecule has 0 saturated heterocycles. The van der Waals surface area contributed by atoms with Gasteiger partial charge >= 0.3 is 6.18 Å². The van der Waals surface area contributed by atoms with E-state index in [2.05, 4.69) is 4.74 Å². The van der Waals surface area contributed by atoms with Crippen molar-refractivity contribution in [1.29, 1.82) is 0 Å². The zero-order valence-corrected chi connectivity index (χ0v) is 7.24. The average molecular weight is 182 g/mol. The van der Waals surface area contributed by atoms with Crippen LogP contribution in [-0.2, 0) is 4.74 Å². The molecule has 0 atom stereocenters. The minimum atomic E-state index is -4.20. The van der Waals surface area contributed by atoms with Crippen LogP contribution < -0.4 is 0 Å². The van der Waals surface area contributed by atoms with Crippen LogP contribution in [0.2, 0.25) is 0 Å². The van der Waals surface area contributed by atoms with Crippen LogP contribution in [0.4, 0.5) is 13.2 Å². The molecular weight excluding hydrogens is 169 g/mol. The van der Waals surface area contributed by atoms with Gasteiger partial charge in [0.1, 0.15) is 0 Å². The summed E-state index contributed by atoms with van der Waals surface area (Å²) in [6.45, 7) is 1.90. The van der Waals surface area contributed by atoms with E-state index in [0.29, 0.717) is 0 Å². The van der Waals surface area contributed by atoms with E-state index in [-0.39, 0.29) is 18.8 Å². The number of hydrogen-bond donors (Lipinski definition) is 0. The van der Waals surface area contributed by atoms with Crippen molar-refractivity contribution >= 4 is 0 Å². The van der Waals surface area contributed by atoms with Gasteiger partial charge in [-0.1, -0.05) is 13.3 Å². The van der Waals surface area contributed by atoms with Crippen molar-refractivity contribution in [1.82, 2.24) is 0 Å². The fraction of sp³-hybridized carbons (Fsp3) is 1.00. The predicted molar refractivity (Wildman–Crippen MR) is 38.8 cm³/mol. The lowest BCUT2D eigenvalue weighted by Crippen LogP contribution is -2.56. The van der Waals surface area contributed by atoms with Crippen molar-refractivity contribution in [2.24, 2.45) is 5.92 Å². The normalized spacial score (nSPS) is 36.2. The van der Waals surface area contributed by atoms with Crippen LogP contribution in [0.5, 0.6) is 0 Å². The molecule has 0 aromatic rings. The van der Waals surface area contributed by atoms with Gasteiger partial charge in [0, 0.05) is 7.11 Å². The zero-order valence-electron chi connectivity index (χ0n) is 7.24. The molecule has 1 aliphatic carbocycles. The lowest BCUT2D eigenvalue weighted by Gasteiger charge is -2.47. The minimum Gasteiger partial charge on any atom is -0.369 e. The first-order valence-corrected chi connectivity index (χ1v) is 4.07. The van der Waals surface area contributed by atoms with Crippen LogP contribution in [0.15, 0.2) is 0 Å². The monoisotopic (exact) mass is 182 g/mol. The van der Waals surface area contributed by atoms with Crippen LogP contribution in [0.25, 0.3) is 0 Å². The molecule has 72 valence electrons. The molecule has 0 aliphatic heterocycles. The van der Waals surface area contributed by atoms with Gasteiger partial charge < -0.3 is 4.74 Å². The molecule has 0 spiro atoms. The lowest BCUT2D eigenvalue weighted by molar-refractivity contribution is -0.308. The molecule has 0 radical (unpaired) electrons. The van der Waals surface area contributed by atoms with E-state index < -0.39 is 11.8 Å². The SMILES string of the molecule is CCC1CC(OC)(C(F)(F)F)C1. The first-order valence-electron chi connectivity index (χ1n) is 4.07. The summed E-state index contributed by atoms with van der Waals surface area (Å²) in [7, 11) is 1.14. The summed E-state index contributed by atoms with van der Waals surface area (Å²) in [5, 5.41) is 0. The van der Waals surface area contributed by atoms with E-state index in [1.165, 1.54) is 0 Å². The number of ether oxygens (including phenoxy) is 1.